The average molecular weight is 195 g/mol. The molecule has 0 unspecified atom stereocenters. The highest BCUT2D eigenvalue weighted by Gasteiger charge is 1.99. The lowest BCUT2D eigenvalue weighted by atomic mass is 10.2. The number of carboxylic acids is 1. The van der Waals surface area contributed by atoms with Gasteiger partial charge in [-0.3, -0.25) is 9.78 Å². The zero-order valence-corrected chi connectivity index (χ0v) is 8.06. The predicted molar refractivity (Wildman–Crippen MR) is 51.4 cm³/mol. The van der Waals surface area contributed by atoms with Gasteiger partial charge in [0, 0.05) is 12.1 Å². The summed E-state index contributed by atoms with van der Waals surface area (Å²) in [4.78, 5) is 14.4. The Morgan fingerprint density at radius 1 is 1.57 bits per heavy atom. The van der Waals surface area contributed by atoms with E-state index in [0.717, 1.165) is 5.69 Å². The Morgan fingerprint density at radius 3 is 2.86 bits per heavy atom. The van der Waals surface area contributed by atoms with E-state index in [1.165, 1.54) is 0 Å². The van der Waals surface area contributed by atoms with Gasteiger partial charge in [-0.25, -0.2) is 0 Å². The van der Waals surface area contributed by atoms with Gasteiger partial charge >= 0.3 is 5.97 Å². The van der Waals surface area contributed by atoms with Gasteiger partial charge < -0.3 is 9.84 Å². The standard InChI is InChI=1S/C10H13NO3/c1-14-9-6-5-8(11-7-9)3-2-4-10(12)13/h5-7H,2-4H2,1H3,(H,12,13). The minimum absolute atomic E-state index is 0.188. The van der Waals surface area contributed by atoms with Crippen molar-refractivity contribution in [1.82, 2.24) is 4.98 Å². The van der Waals surface area contributed by atoms with E-state index in [4.69, 9.17) is 9.84 Å². The van der Waals surface area contributed by atoms with Crippen LogP contribution in [0, 0.1) is 0 Å². The van der Waals surface area contributed by atoms with E-state index < -0.39 is 5.97 Å². The molecule has 76 valence electrons. The number of pyridine rings is 1. The smallest absolute Gasteiger partial charge is 0.303 e. The first-order valence-corrected chi connectivity index (χ1v) is 4.43. The Bertz CT molecular complexity index is 295. The molecule has 0 fully saturated rings. The average Bonchev–Trinajstić information content (AvgIpc) is 2.18. The van der Waals surface area contributed by atoms with Gasteiger partial charge in [0.2, 0.25) is 0 Å². The number of carboxylic acid groups (broad SMARTS) is 1. The fourth-order valence-corrected chi connectivity index (χ4v) is 1.10. The van der Waals surface area contributed by atoms with E-state index in [9.17, 15) is 4.79 Å². The summed E-state index contributed by atoms with van der Waals surface area (Å²) in [7, 11) is 1.58. The molecule has 0 aliphatic heterocycles. The highest BCUT2D eigenvalue weighted by molar-refractivity contribution is 5.66. The molecule has 0 aliphatic rings. The Balaban J connectivity index is 2.40. The SMILES string of the molecule is COc1ccc(CCCC(=O)O)nc1. The van der Waals surface area contributed by atoms with Crippen molar-refractivity contribution in [1.29, 1.82) is 0 Å². The van der Waals surface area contributed by atoms with E-state index in [-0.39, 0.29) is 6.42 Å². The number of rotatable bonds is 5. The highest BCUT2D eigenvalue weighted by atomic mass is 16.5. The lowest BCUT2D eigenvalue weighted by Gasteiger charge is -2.01. The Hall–Kier alpha value is -1.58. The van der Waals surface area contributed by atoms with Crippen molar-refractivity contribution < 1.29 is 14.6 Å². The minimum Gasteiger partial charge on any atom is -0.495 e. The summed E-state index contributed by atoms with van der Waals surface area (Å²) in [6.07, 6.45) is 3.13. The van der Waals surface area contributed by atoms with Crippen LogP contribution in [-0.4, -0.2) is 23.2 Å². The molecule has 0 radical (unpaired) electrons. The van der Waals surface area contributed by atoms with E-state index in [0.29, 0.717) is 18.6 Å². The number of ether oxygens (including phenoxy) is 1. The van der Waals surface area contributed by atoms with Crippen LogP contribution >= 0.6 is 0 Å². The summed E-state index contributed by atoms with van der Waals surface area (Å²) in [6, 6.07) is 3.67. The summed E-state index contributed by atoms with van der Waals surface area (Å²) < 4.78 is 4.96. The number of methoxy groups -OCH3 is 1. The Morgan fingerprint density at radius 2 is 2.36 bits per heavy atom. The van der Waals surface area contributed by atoms with Crippen molar-refractivity contribution in [2.24, 2.45) is 0 Å². The van der Waals surface area contributed by atoms with Crippen molar-refractivity contribution in [3.05, 3.63) is 24.0 Å². The first kappa shape index (κ1) is 10.5. The molecule has 1 aromatic heterocycles. The monoisotopic (exact) mass is 195 g/mol. The number of hydrogen-bond donors (Lipinski definition) is 1. The van der Waals surface area contributed by atoms with Gasteiger partial charge in [-0.1, -0.05) is 0 Å². The topological polar surface area (TPSA) is 59.4 Å². The van der Waals surface area contributed by atoms with E-state index in [1.54, 1.807) is 13.3 Å². The lowest BCUT2D eigenvalue weighted by Crippen LogP contribution is -1.97. The number of hydrogen-bond acceptors (Lipinski definition) is 3. The maximum absolute atomic E-state index is 10.2. The molecule has 0 saturated carbocycles. The van der Waals surface area contributed by atoms with E-state index >= 15 is 0 Å². The van der Waals surface area contributed by atoms with Gasteiger partial charge in [-0.2, -0.15) is 0 Å². The predicted octanol–water partition coefficient (Wildman–Crippen LogP) is 1.50. The third-order valence-corrected chi connectivity index (χ3v) is 1.86. The molecule has 0 bridgehead atoms. The summed E-state index contributed by atoms with van der Waals surface area (Å²) >= 11 is 0. The van der Waals surface area contributed by atoms with Gasteiger partial charge in [0.05, 0.1) is 13.3 Å². The molecule has 0 atom stereocenters. The molecular formula is C10H13NO3. The molecule has 4 nitrogen and oxygen atoms in total. The maximum atomic E-state index is 10.2. The third-order valence-electron chi connectivity index (χ3n) is 1.86. The number of carbonyl (C=O) groups is 1. The van der Waals surface area contributed by atoms with Crippen LogP contribution in [0.25, 0.3) is 0 Å². The molecular weight excluding hydrogens is 182 g/mol. The second kappa shape index (κ2) is 5.21. The molecule has 14 heavy (non-hydrogen) atoms. The summed E-state index contributed by atoms with van der Waals surface area (Å²) in [5, 5.41) is 8.43. The van der Waals surface area contributed by atoms with Crippen molar-refractivity contribution in [3.8, 4) is 5.75 Å². The minimum atomic E-state index is -0.765. The quantitative estimate of drug-likeness (QED) is 0.773. The van der Waals surface area contributed by atoms with Crippen LogP contribution in [0.15, 0.2) is 18.3 Å². The largest absolute Gasteiger partial charge is 0.495 e. The molecule has 0 saturated heterocycles. The fourth-order valence-electron chi connectivity index (χ4n) is 1.10. The van der Waals surface area contributed by atoms with Gasteiger partial charge in [-0.15, -0.1) is 0 Å². The molecule has 0 aliphatic carbocycles. The molecule has 1 rings (SSSR count). The molecule has 1 N–H and O–H groups in total. The first-order valence-electron chi connectivity index (χ1n) is 4.43. The Labute approximate surface area is 82.5 Å². The van der Waals surface area contributed by atoms with Crippen LogP contribution in [0.2, 0.25) is 0 Å². The van der Waals surface area contributed by atoms with Crippen LogP contribution in [0.4, 0.5) is 0 Å². The second-order valence-corrected chi connectivity index (χ2v) is 2.94. The van der Waals surface area contributed by atoms with Crippen LogP contribution in [-0.2, 0) is 11.2 Å². The maximum Gasteiger partial charge on any atom is 0.303 e. The summed E-state index contributed by atoms with van der Waals surface area (Å²) in [6.45, 7) is 0. The summed E-state index contributed by atoms with van der Waals surface area (Å²) in [5.41, 5.74) is 0.895. The van der Waals surface area contributed by atoms with E-state index in [1.807, 2.05) is 12.1 Å². The van der Waals surface area contributed by atoms with Crippen LogP contribution in [0.3, 0.4) is 0 Å². The number of aryl methyl sites for hydroxylation is 1. The van der Waals surface area contributed by atoms with Crippen LogP contribution in [0.1, 0.15) is 18.5 Å². The highest BCUT2D eigenvalue weighted by Crippen LogP contribution is 2.09. The molecule has 0 spiro atoms. The molecule has 4 heteroatoms. The molecule has 1 aromatic rings. The fraction of sp³-hybridized carbons (Fsp3) is 0.400. The summed E-state index contributed by atoms with van der Waals surface area (Å²) in [5.74, 6) is -0.0505. The van der Waals surface area contributed by atoms with Crippen molar-refractivity contribution in [2.75, 3.05) is 7.11 Å². The van der Waals surface area contributed by atoms with Crippen molar-refractivity contribution in [2.45, 2.75) is 19.3 Å². The second-order valence-electron chi connectivity index (χ2n) is 2.94. The normalized spacial score (nSPS) is 9.79. The number of nitrogens with zero attached hydrogens (tertiary/aromatic N) is 1. The lowest BCUT2D eigenvalue weighted by molar-refractivity contribution is -0.137. The van der Waals surface area contributed by atoms with E-state index in [2.05, 4.69) is 4.98 Å². The van der Waals surface area contributed by atoms with Crippen LogP contribution in [0.5, 0.6) is 5.75 Å². The van der Waals surface area contributed by atoms with Gasteiger partial charge in [-0.05, 0) is 25.0 Å². The number of aromatic nitrogens is 1. The molecule has 0 aromatic carbocycles. The molecule has 0 amide bonds. The number of aliphatic carboxylic acids is 1. The van der Waals surface area contributed by atoms with Gasteiger partial charge in [0.25, 0.3) is 0 Å². The molecule has 1 heterocycles. The van der Waals surface area contributed by atoms with Crippen molar-refractivity contribution >= 4 is 5.97 Å². The third kappa shape index (κ3) is 3.43. The van der Waals surface area contributed by atoms with Gasteiger partial charge in [0.1, 0.15) is 5.75 Å². The zero-order valence-electron chi connectivity index (χ0n) is 8.06. The van der Waals surface area contributed by atoms with Gasteiger partial charge in [0.15, 0.2) is 0 Å². The first-order chi connectivity index (χ1) is 6.72. The van der Waals surface area contributed by atoms with Crippen LogP contribution < -0.4 is 4.74 Å². The Kier molecular flexibility index (Phi) is 3.91. The van der Waals surface area contributed by atoms with Crippen molar-refractivity contribution in [3.63, 3.8) is 0 Å². The zero-order chi connectivity index (χ0) is 10.4.